The van der Waals surface area contributed by atoms with Crippen LogP contribution in [0.25, 0.3) is 0 Å². The number of carbonyl (C=O) groups is 2. The van der Waals surface area contributed by atoms with Crippen LogP contribution in [-0.4, -0.2) is 45.3 Å². The van der Waals surface area contributed by atoms with E-state index in [2.05, 4.69) is 5.32 Å². The average molecular weight is 441 g/mol. The predicted octanol–water partition coefficient (Wildman–Crippen LogP) is 1.99. The van der Waals surface area contributed by atoms with Crippen LogP contribution in [0, 0.1) is 11.7 Å². The maximum absolute atomic E-state index is 13.3. The number of pyridine rings is 1. The first-order valence-corrected chi connectivity index (χ1v) is 10.9. The molecule has 3 atom stereocenters. The van der Waals surface area contributed by atoms with Crippen LogP contribution in [0.5, 0.6) is 5.75 Å². The molecule has 2 aromatic rings. The standard InChI is InChI=1S/C23H24FN3O5/c24-15-7-5-13(6-8-15)9-25-22(30)16-10-26-11-18-27(23(31)19(26)21(29)20(16)28)17-4-2-1-3-14(17)12-32-18/h5-8,10,14,17-18,29H,1-4,9,11-12H2,(H,25,30)/t14-,17-,18+/m0/s1. The van der Waals surface area contributed by atoms with Crippen LogP contribution in [0.1, 0.15) is 52.1 Å². The number of hydrogen-bond acceptors (Lipinski definition) is 5. The largest absolute Gasteiger partial charge is 0.503 e. The Hall–Kier alpha value is -3.20. The quantitative estimate of drug-likeness (QED) is 0.759. The molecule has 0 spiro atoms. The van der Waals surface area contributed by atoms with E-state index >= 15 is 0 Å². The monoisotopic (exact) mass is 441 g/mol. The molecule has 2 amide bonds. The number of nitrogens with zero attached hydrogens (tertiary/aromatic N) is 2. The van der Waals surface area contributed by atoms with E-state index in [1.807, 2.05) is 0 Å². The summed E-state index contributed by atoms with van der Waals surface area (Å²) in [5.41, 5.74) is -0.597. The molecule has 168 valence electrons. The fraction of sp³-hybridized carbons (Fsp3) is 0.435. The van der Waals surface area contributed by atoms with Gasteiger partial charge >= 0.3 is 0 Å². The zero-order valence-corrected chi connectivity index (χ0v) is 17.4. The van der Waals surface area contributed by atoms with Gasteiger partial charge in [-0.1, -0.05) is 25.0 Å². The third-order valence-electron chi connectivity index (χ3n) is 6.70. The van der Waals surface area contributed by atoms with E-state index < -0.39 is 29.2 Å². The summed E-state index contributed by atoms with van der Waals surface area (Å²) >= 11 is 0. The third-order valence-corrected chi connectivity index (χ3v) is 6.70. The molecule has 2 aliphatic heterocycles. The van der Waals surface area contributed by atoms with Gasteiger partial charge in [-0.3, -0.25) is 14.4 Å². The highest BCUT2D eigenvalue weighted by molar-refractivity contribution is 5.99. The number of rotatable bonds is 3. The van der Waals surface area contributed by atoms with Crippen LogP contribution in [0.2, 0.25) is 0 Å². The Morgan fingerprint density at radius 1 is 1.19 bits per heavy atom. The summed E-state index contributed by atoms with van der Waals surface area (Å²) in [6.07, 6.45) is 4.83. The maximum Gasteiger partial charge on any atom is 0.276 e. The highest BCUT2D eigenvalue weighted by atomic mass is 19.1. The lowest BCUT2D eigenvalue weighted by Gasteiger charge is -2.50. The van der Waals surface area contributed by atoms with E-state index in [1.54, 1.807) is 4.90 Å². The highest BCUT2D eigenvalue weighted by Gasteiger charge is 2.46. The van der Waals surface area contributed by atoms with E-state index in [4.69, 9.17) is 4.74 Å². The molecule has 0 unspecified atom stereocenters. The lowest BCUT2D eigenvalue weighted by molar-refractivity contribution is -0.149. The molecular formula is C23H24FN3O5. The Morgan fingerprint density at radius 3 is 2.72 bits per heavy atom. The molecule has 5 rings (SSSR count). The number of aromatic hydroxyl groups is 1. The molecule has 3 aliphatic rings. The first-order chi connectivity index (χ1) is 15.4. The molecule has 0 bridgehead atoms. The fourth-order valence-corrected chi connectivity index (χ4v) is 5.05. The number of hydrogen-bond donors (Lipinski definition) is 2. The SMILES string of the molecule is O=C(NCc1ccc(F)cc1)c1cn2c(c(O)c1=O)C(=O)N1[C@@H](C2)OC[C@@H]2CCCC[C@@H]21. The molecule has 8 nitrogen and oxygen atoms in total. The maximum atomic E-state index is 13.3. The summed E-state index contributed by atoms with van der Waals surface area (Å²) in [5.74, 6) is -1.97. The molecule has 1 aliphatic carbocycles. The van der Waals surface area contributed by atoms with Crippen molar-refractivity contribution in [3.63, 3.8) is 0 Å². The van der Waals surface area contributed by atoms with E-state index in [9.17, 15) is 23.9 Å². The zero-order chi connectivity index (χ0) is 22.4. The molecule has 2 N–H and O–H groups in total. The second-order valence-electron chi connectivity index (χ2n) is 8.64. The van der Waals surface area contributed by atoms with Gasteiger partial charge in [0.2, 0.25) is 5.43 Å². The molecule has 32 heavy (non-hydrogen) atoms. The molecule has 1 aromatic heterocycles. The van der Waals surface area contributed by atoms with Gasteiger partial charge in [0.15, 0.2) is 17.7 Å². The summed E-state index contributed by atoms with van der Waals surface area (Å²) in [5, 5.41) is 13.2. The van der Waals surface area contributed by atoms with E-state index in [-0.39, 0.29) is 42.1 Å². The van der Waals surface area contributed by atoms with Crippen molar-refractivity contribution in [2.75, 3.05) is 6.61 Å². The predicted molar refractivity (Wildman–Crippen MR) is 112 cm³/mol. The second-order valence-corrected chi connectivity index (χ2v) is 8.64. The van der Waals surface area contributed by atoms with Gasteiger partial charge in [0.25, 0.3) is 11.8 Å². The van der Waals surface area contributed by atoms with Gasteiger partial charge < -0.3 is 24.6 Å². The molecule has 9 heteroatoms. The van der Waals surface area contributed by atoms with Gasteiger partial charge in [-0.25, -0.2) is 4.39 Å². The van der Waals surface area contributed by atoms with E-state index in [0.29, 0.717) is 12.2 Å². The van der Waals surface area contributed by atoms with Crippen LogP contribution in [-0.2, 0) is 17.8 Å². The minimum absolute atomic E-state index is 0.0388. The van der Waals surface area contributed by atoms with Crippen molar-refractivity contribution in [1.82, 2.24) is 14.8 Å². The number of nitrogens with one attached hydrogen (secondary N) is 1. The molecule has 1 saturated carbocycles. The summed E-state index contributed by atoms with van der Waals surface area (Å²) in [6.45, 7) is 0.893. The zero-order valence-electron chi connectivity index (χ0n) is 17.4. The van der Waals surface area contributed by atoms with Crippen LogP contribution in [0.4, 0.5) is 4.39 Å². The molecule has 0 radical (unpaired) electrons. The van der Waals surface area contributed by atoms with E-state index in [0.717, 1.165) is 25.7 Å². The number of amides is 2. The number of aromatic nitrogens is 1. The molecular weight excluding hydrogens is 417 g/mol. The second kappa shape index (κ2) is 8.05. The first kappa shape index (κ1) is 20.7. The Kier molecular flexibility index (Phi) is 5.21. The van der Waals surface area contributed by atoms with Gasteiger partial charge in [0, 0.05) is 24.7 Å². The number of benzene rings is 1. The topological polar surface area (TPSA) is 101 Å². The highest BCUT2D eigenvalue weighted by Crippen LogP contribution is 2.38. The normalized spacial score (nSPS) is 24.3. The Morgan fingerprint density at radius 2 is 1.94 bits per heavy atom. The molecule has 1 saturated heterocycles. The Bertz CT molecular complexity index is 1130. The summed E-state index contributed by atoms with van der Waals surface area (Å²) in [4.78, 5) is 40.4. The van der Waals surface area contributed by atoms with Crippen molar-refractivity contribution in [1.29, 1.82) is 0 Å². The van der Waals surface area contributed by atoms with Crippen molar-refractivity contribution in [3.8, 4) is 5.75 Å². The van der Waals surface area contributed by atoms with Crippen LogP contribution < -0.4 is 10.7 Å². The van der Waals surface area contributed by atoms with E-state index in [1.165, 1.54) is 35.0 Å². The van der Waals surface area contributed by atoms with Crippen LogP contribution >= 0.6 is 0 Å². The first-order valence-electron chi connectivity index (χ1n) is 10.9. The van der Waals surface area contributed by atoms with Crippen molar-refractivity contribution in [3.05, 3.63) is 63.3 Å². The summed E-state index contributed by atoms with van der Waals surface area (Å²) in [6, 6.07) is 5.65. The summed E-state index contributed by atoms with van der Waals surface area (Å²) in [7, 11) is 0. The molecule has 2 fully saturated rings. The van der Waals surface area contributed by atoms with Gasteiger partial charge in [0.05, 0.1) is 13.2 Å². The minimum Gasteiger partial charge on any atom is -0.503 e. The van der Waals surface area contributed by atoms with Gasteiger partial charge in [-0.05, 0) is 30.5 Å². The molecule has 3 heterocycles. The fourth-order valence-electron chi connectivity index (χ4n) is 5.05. The van der Waals surface area contributed by atoms with Crippen molar-refractivity contribution >= 4 is 11.8 Å². The van der Waals surface area contributed by atoms with Crippen molar-refractivity contribution < 1.29 is 23.8 Å². The molecule has 1 aromatic carbocycles. The van der Waals surface area contributed by atoms with Gasteiger partial charge in [-0.2, -0.15) is 0 Å². The smallest absolute Gasteiger partial charge is 0.276 e. The Balaban J connectivity index is 1.42. The number of halogens is 1. The number of ether oxygens (including phenoxy) is 1. The lowest BCUT2D eigenvalue weighted by atomic mass is 9.82. The van der Waals surface area contributed by atoms with Crippen LogP contribution in [0.15, 0.2) is 35.3 Å². The summed E-state index contributed by atoms with van der Waals surface area (Å²) < 4.78 is 20.4. The minimum atomic E-state index is -0.891. The van der Waals surface area contributed by atoms with Crippen molar-refractivity contribution in [2.45, 2.75) is 51.0 Å². The van der Waals surface area contributed by atoms with Gasteiger partial charge in [0.1, 0.15) is 11.4 Å². The lowest BCUT2D eigenvalue weighted by Crippen LogP contribution is -2.61. The average Bonchev–Trinajstić information content (AvgIpc) is 2.80. The van der Waals surface area contributed by atoms with Gasteiger partial charge in [-0.15, -0.1) is 0 Å². The number of carbonyl (C=O) groups excluding carboxylic acids is 2. The Labute approximate surface area is 183 Å². The van der Waals surface area contributed by atoms with Crippen LogP contribution in [0.3, 0.4) is 0 Å². The number of fused-ring (bicyclic) bond motifs is 4. The third kappa shape index (κ3) is 3.46. The van der Waals surface area contributed by atoms with Crippen molar-refractivity contribution in [2.24, 2.45) is 5.92 Å².